The third kappa shape index (κ3) is 3.56. The van der Waals surface area contributed by atoms with Gasteiger partial charge >= 0.3 is 0 Å². The van der Waals surface area contributed by atoms with Crippen molar-refractivity contribution in [3.63, 3.8) is 0 Å². The van der Waals surface area contributed by atoms with E-state index in [-0.39, 0.29) is 12.4 Å². The van der Waals surface area contributed by atoms with Gasteiger partial charge in [-0.2, -0.15) is 5.26 Å². The number of hydrogen-bond donors (Lipinski definition) is 1. The molecule has 0 aliphatic rings. The van der Waals surface area contributed by atoms with Crippen molar-refractivity contribution in [1.29, 1.82) is 5.26 Å². The number of halogens is 1. The molecule has 6 heteroatoms. The van der Waals surface area contributed by atoms with Crippen LogP contribution in [0, 0.1) is 17.1 Å². The van der Waals surface area contributed by atoms with Gasteiger partial charge in [-0.1, -0.05) is 12.1 Å². The Morgan fingerprint density at radius 2 is 1.84 bits per heavy atom. The Labute approximate surface area is 144 Å². The zero-order valence-electron chi connectivity index (χ0n) is 13.6. The minimum absolute atomic E-state index is 0.267. The first-order chi connectivity index (χ1) is 12.1. The number of nitrogens with two attached hydrogens (primary N) is 1. The second kappa shape index (κ2) is 6.97. The van der Waals surface area contributed by atoms with Crippen LogP contribution in [-0.2, 0) is 6.54 Å². The topological polar surface area (TPSA) is 73.2 Å². The first kappa shape index (κ1) is 16.4. The molecule has 126 valence electrons. The SMILES string of the molecule is COc1ccc(Oc2c(N)cc(C#N)n2Cc2cccc(F)c2)cc1. The van der Waals surface area contributed by atoms with E-state index in [2.05, 4.69) is 6.07 Å². The summed E-state index contributed by atoms with van der Waals surface area (Å²) in [5.74, 6) is 1.25. The van der Waals surface area contributed by atoms with Gasteiger partial charge in [-0.3, -0.25) is 4.57 Å². The van der Waals surface area contributed by atoms with E-state index in [0.29, 0.717) is 34.3 Å². The number of hydrogen-bond acceptors (Lipinski definition) is 4. The van der Waals surface area contributed by atoms with Crippen LogP contribution in [0.3, 0.4) is 0 Å². The van der Waals surface area contributed by atoms with E-state index >= 15 is 0 Å². The number of rotatable bonds is 5. The lowest BCUT2D eigenvalue weighted by Gasteiger charge is -2.13. The number of nitriles is 1. The van der Waals surface area contributed by atoms with Gasteiger partial charge in [-0.25, -0.2) is 4.39 Å². The van der Waals surface area contributed by atoms with E-state index in [1.54, 1.807) is 48.1 Å². The number of benzene rings is 2. The van der Waals surface area contributed by atoms with Crippen molar-refractivity contribution in [3.05, 3.63) is 71.7 Å². The van der Waals surface area contributed by atoms with Crippen LogP contribution < -0.4 is 15.2 Å². The largest absolute Gasteiger partial charge is 0.497 e. The Kier molecular flexibility index (Phi) is 4.57. The van der Waals surface area contributed by atoms with Crippen LogP contribution in [0.1, 0.15) is 11.3 Å². The predicted molar refractivity (Wildman–Crippen MR) is 92.1 cm³/mol. The van der Waals surface area contributed by atoms with Gasteiger partial charge in [-0.05, 0) is 42.0 Å². The molecule has 1 heterocycles. The van der Waals surface area contributed by atoms with E-state index in [1.807, 2.05) is 0 Å². The van der Waals surface area contributed by atoms with Gasteiger partial charge in [0.2, 0.25) is 5.88 Å². The molecule has 3 rings (SSSR count). The molecule has 0 aliphatic carbocycles. The highest BCUT2D eigenvalue weighted by Crippen LogP contribution is 2.32. The molecule has 25 heavy (non-hydrogen) atoms. The molecule has 2 aromatic carbocycles. The highest BCUT2D eigenvalue weighted by Gasteiger charge is 2.16. The summed E-state index contributed by atoms with van der Waals surface area (Å²) in [6.07, 6.45) is 0. The zero-order chi connectivity index (χ0) is 17.8. The lowest BCUT2D eigenvalue weighted by atomic mass is 10.2. The van der Waals surface area contributed by atoms with Gasteiger partial charge < -0.3 is 15.2 Å². The summed E-state index contributed by atoms with van der Waals surface area (Å²) in [5.41, 5.74) is 7.39. The number of nitrogen functional groups attached to an aromatic ring is 1. The quantitative estimate of drug-likeness (QED) is 0.765. The first-order valence-electron chi connectivity index (χ1n) is 7.56. The summed E-state index contributed by atoms with van der Waals surface area (Å²) < 4.78 is 26.0. The normalized spacial score (nSPS) is 10.3. The first-order valence-corrected chi connectivity index (χ1v) is 7.56. The molecule has 0 unspecified atom stereocenters. The highest BCUT2D eigenvalue weighted by atomic mass is 19.1. The second-order valence-corrected chi connectivity index (χ2v) is 5.40. The molecule has 0 bridgehead atoms. The lowest BCUT2D eigenvalue weighted by molar-refractivity contribution is 0.410. The summed E-state index contributed by atoms with van der Waals surface area (Å²) in [4.78, 5) is 0. The Morgan fingerprint density at radius 1 is 1.12 bits per heavy atom. The summed E-state index contributed by atoms with van der Waals surface area (Å²) in [6.45, 7) is 0.267. The average Bonchev–Trinajstić information content (AvgIpc) is 2.91. The smallest absolute Gasteiger partial charge is 0.224 e. The van der Waals surface area contributed by atoms with E-state index in [0.717, 1.165) is 0 Å². The standard InChI is InChI=1S/C19H16FN3O2/c1-24-16-5-7-17(8-6-16)25-19-18(22)10-15(11-21)23(19)12-13-3-2-4-14(20)9-13/h2-10H,12,22H2,1H3. The van der Waals surface area contributed by atoms with Gasteiger partial charge in [0.25, 0.3) is 0 Å². The summed E-state index contributed by atoms with van der Waals surface area (Å²) in [6, 6.07) is 16.8. The fourth-order valence-electron chi connectivity index (χ4n) is 2.49. The molecule has 0 amide bonds. The van der Waals surface area contributed by atoms with Gasteiger partial charge in [0.15, 0.2) is 0 Å². The van der Waals surface area contributed by atoms with Crippen LogP contribution in [0.25, 0.3) is 0 Å². The van der Waals surface area contributed by atoms with Crippen LogP contribution in [0.2, 0.25) is 0 Å². The van der Waals surface area contributed by atoms with Crippen LogP contribution >= 0.6 is 0 Å². The van der Waals surface area contributed by atoms with Gasteiger partial charge in [0.1, 0.15) is 29.1 Å². The molecule has 3 aromatic rings. The zero-order valence-corrected chi connectivity index (χ0v) is 13.6. The number of aromatic nitrogens is 1. The Morgan fingerprint density at radius 3 is 2.48 bits per heavy atom. The van der Waals surface area contributed by atoms with E-state index in [9.17, 15) is 9.65 Å². The maximum atomic E-state index is 13.4. The molecule has 2 N–H and O–H groups in total. The molecule has 0 saturated carbocycles. The fourth-order valence-corrected chi connectivity index (χ4v) is 2.49. The molecule has 0 fully saturated rings. The minimum atomic E-state index is -0.339. The number of nitrogens with zero attached hydrogens (tertiary/aromatic N) is 2. The monoisotopic (exact) mass is 337 g/mol. The van der Waals surface area contributed by atoms with Crippen molar-refractivity contribution in [1.82, 2.24) is 4.57 Å². The maximum Gasteiger partial charge on any atom is 0.224 e. The molecular formula is C19H16FN3O2. The molecule has 1 aromatic heterocycles. The lowest BCUT2D eigenvalue weighted by Crippen LogP contribution is -2.05. The van der Waals surface area contributed by atoms with Gasteiger partial charge in [0, 0.05) is 6.07 Å². The Balaban J connectivity index is 1.95. The van der Waals surface area contributed by atoms with Crippen LogP contribution in [0.15, 0.2) is 54.6 Å². The van der Waals surface area contributed by atoms with Crippen molar-refractivity contribution in [2.45, 2.75) is 6.54 Å². The minimum Gasteiger partial charge on any atom is -0.497 e. The molecule has 0 saturated heterocycles. The molecule has 0 radical (unpaired) electrons. The third-order valence-electron chi connectivity index (χ3n) is 3.69. The van der Waals surface area contributed by atoms with Crippen LogP contribution in [0.5, 0.6) is 17.4 Å². The third-order valence-corrected chi connectivity index (χ3v) is 3.69. The maximum absolute atomic E-state index is 13.4. The Hall–Kier alpha value is -3.46. The predicted octanol–water partition coefficient (Wildman–Crippen LogP) is 3.93. The van der Waals surface area contributed by atoms with Crippen molar-refractivity contribution in [2.24, 2.45) is 0 Å². The number of anilines is 1. The van der Waals surface area contributed by atoms with Crippen LogP contribution in [-0.4, -0.2) is 11.7 Å². The Bertz CT molecular complexity index is 927. The van der Waals surface area contributed by atoms with Crippen molar-refractivity contribution in [2.75, 3.05) is 12.8 Å². The van der Waals surface area contributed by atoms with Gasteiger partial charge in [-0.15, -0.1) is 0 Å². The van der Waals surface area contributed by atoms with E-state index in [4.69, 9.17) is 15.2 Å². The average molecular weight is 337 g/mol. The van der Waals surface area contributed by atoms with Crippen LogP contribution in [0.4, 0.5) is 10.1 Å². The fraction of sp³-hybridized carbons (Fsp3) is 0.105. The number of methoxy groups -OCH3 is 1. The molecule has 5 nitrogen and oxygen atoms in total. The molecule has 0 aliphatic heterocycles. The summed E-state index contributed by atoms with van der Waals surface area (Å²) in [5, 5.41) is 9.35. The summed E-state index contributed by atoms with van der Waals surface area (Å²) in [7, 11) is 1.58. The number of ether oxygens (including phenoxy) is 2. The van der Waals surface area contributed by atoms with Crippen molar-refractivity contribution >= 4 is 5.69 Å². The van der Waals surface area contributed by atoms with Gasteiger partial charge in [0.05, 0.1) is 19.3 Å². The van der Waals surface area contributed by atoms with E-state index in [1.165, 1.54) is 18.2 Å². The molecule has 0 spiro atoms. The molecular weight excluding hydrogens is 321 g/mol. The van der Waals surface area contributed by atoms with Crippen molar-refractivity contribution in [3.8, 4) is 23.4 Å². The molecule has 0 atom stereocenters. The highest BCUT2D eigenvalue weighted by molar-refractivity contribution is 5.57. The van der Waals surface area contributed by atoms with E-state index < -0.39 is 0 Å². The van der Waals surface area contributed by atoms with Crippen molar-refractivity contribution < 1.29 is 13.9 Å². The summed E-state index contributed by atoms with van der Waals surface area (Å²) >= 11 is 0. The second-order valence-electron chi connectivity index (χ2n) is 5.40.